The molecule has 1 amide bonds. The van der Waals surface area contributed by atoms with Gasteiger partial charge in [-0.1, -0.05) is 0 Å². The number of amides is 1. The highest BCUT2D eigenvalue weighted by Crippen LogP contribution is 2.22. The summed E-state index contributed by atoms with van der Waals surface area (Å²) in [7, 11) is -3.53. The monoisotopic (exact) mass is 348 g/mol. The van der Waals surface area contributed by atoms with Crippen LogP contribution in [0, 0.1) is 6.92 Å². The van der Waals surface area contributed by atoms with Crippen molar-refractivity contribution < 1.29 is 13.2 Å². The van der Waals surface area contributed by atoms with E-state index in [4.69, 9.17) is 11.6 Å². The Kier molecular flexibility index (Phi) is 5.46. The zero-order chi connectivity index (χ0) is 16.3. The molecule has 0 radical (unpaired) electrons. The second-order valence-corrected chi connectivity index (χ2v) is 7.49. The van der Waals surface area contributed by atoms with Gasteiger partial charge in [0.1, 0.15) is 10.8 Å². The van der Waals surface area contributed by atoms with Gasteiger partial charge in [0.2, 0.25) is 15.9 Å². The Balaban J connectivity index is 2.06. The van der Waals surface area contributed by atoms with Crippen LogP contribution in [0.4, 0.5) is 0 Å². The van der Waals surface area contributed by atoms with Crippen molar-refractivity contribution >= 4 is 27.5 Å². The normalized spacial score (nSPS) is 17.6. The fourth-order valence-electron chi connectivity index (χ4n) is 2.56. The van der Waals surface area contributed by atoms with Crippen molar-refractivity contribution in [2.75, 3.05) is 19.0 Å². The molecule has 0 spiro atoms. The highest BCUT2D eigenvalue weighted by molar-refractivity contribution is 7.89. The molecule has 1 aliphatic heterocycles. The molecule has 0 bridgehead atoms. The summed E-state index contributed by atoms with van der Waals surface area (Å²) in [4.78, 5) is 11.5. The maximum Gasteiger partial charge on any atom is 0.246 e. The first kappa shape index (κ1) is 17.2. The van der Waals surface area contributed by atoms with E-state index in [1.54, 1.807) is 17.8 Å². The number of aromatic nitrogens is 2. The van der Waals surface area contributed by atoms with Crippen LogP contribution >= 0.6 is 11.6 Å². The Morgan fingerprint density at radius 1 is 1.45 bits per heavy atom. The lowest BCUT2D eigenvalue weighted by atomic mass is 10.1. The number of piperidine rings is 1. The lowest BCUT2D eigenvalue weighted by molar-refractivity contribution is -0.119. The molecule has 0 aliphatic carbocycles. The number of rotatable bonds is 5. The van der Waals surface area contributed by atoms with Gasteiger partial charge in [0.15, 0.2) is 0 Å². The Labute approximate surface area is 135 Å². The number of hydrogen-bond acceptors (Lipinski definition) is 4. The molecule has 2 rings (SSSR count). The van der Waals surface area contributed by atoms with Crippen LogP contribution < -0.4 is 5.32 Å². The minimum Gasteiger partial charge on any atom is -0.352 e. The minimum absolute atomic E-state index is 0.0165. The van der Waals surface area contributed by atoms with Gasteiger partial charge in [-0.3, -0.25) is 9.48 Å². The van der Waals surface area contributed by atoms with Crippen molar-refractivity contribution in [2.45, 2.75) is 44.2 Å². The van der Waals surface area contributed by atoms with Gasteiger partial charge in [0.25, 0.3) is 0 Å². The maximum atomic E-state index is 12.7. The molecule has 1 saturated heterocycles. The van der Waals surface area contributed by atoms with E-state index in [0.29, 0.717) is 38.2 Å². The van der Waals surface area contributed by atoms with Gasteiger partial charge in [-0.05, 0) is 26.7 Å². The van der Waals surface area contributed by atoms with E-state index in [1.807, 2.05) is 6.92 Å². The molecule has 124 valence electrons. The average molecular weight is 349 g/mol. The van der Waals surface area contributed by atoms with E-state index in [9.17, 15) is 13.2 Å². The number of halogens is 1. The number of hydrogen-bond donors (Lipinski definition) is 1. The highest BCUT2D eigenvalue weighted by Gasteiger charge is 2.32. The molecule has 0 saturated carbocycles. The van der Waals surface area contributed by atoms with Crippen molar-refractivity contribution in [2.24, 2.45) is 0 Å². The summed E-state index contributed by atoms with van der Waals surface area (Å²) in [5.41, 5.74) is 0.513. The smallest absolute Gasteiger partial charge is 0.246 e. The number of aryl methyl sites for hydroxylation is 2. The number of carbonyl (C=O) groups is 1. The number of carbonyl (C=O) groups excluding carboxylic acids is 1. The van der Waals surface area contributed by atoms with Gasteiger partial charge in [0.05, 0.1) is 5.69 Å². The average Bonchev–Trinajstić information content (AvgIpc) is 2.89. The van der Waals surface area contributed by atoms with Crippen LogP contribution in [0.5, 0.6) is 0 Å². The topological polar surface area (TPSA) is 84.3 Å². The molecule has 0 aromatic carbocycles. The quantitative estimate of drug-likeness (QED) is 0.795. The highest BCUT2D eigenvalue weighted by atomic mass is 35.5. The van der Waals surface area contributed by atoms with Crippen molar-refractivity contribution in [3.05, 3.63) is 11.9 Å². The van der Waals surface area contributed by atoms with Crippen LogP contribution in [-0.2, 0) is 21.4 Å². The molecule has 1 N–H and O–H groups in total. The van der Waals surface area contributed by atoms with Gasteiger partial charge in [0, 0.05) is 31.9 Å². The van der Waals surface area contributed by atoms with E-state index in [2.05, 4.69) is 10.4 Å². The Morgan fingerprint density at radius 2 is 2.09 bits per heavy atom. The second-order valence-electron chi connectivity index (χ2n) is 5.31. The second kappa shape index (κ2) is 6.97. The first-order valence-electron chi connectivity index (χ1n) is 7.28. The van der Waals surface area contributed by atoms with E-state index in [1.165, 1.54) is 4.31 Å². The van der Waals surface area contributed by atoms with Crippen molar-refractivity contribution in [3.63, 3.8) is 0 Å². The summed E-state index contributed by atoms with van der Waals surface area (Å²) < 4.78 is 28.5. The summed E-state index contributed by atoms with van der Waals surface area (Å²) in [5, 5.41) is 6.99. The largest absolute Gasteiger partial charge is 0.352 e. The molecule has 1 aromatic heterocycles. The molecule has 0 unspecified atom stereocenters. The fourth-order valence-corrected chi connectivity index (χ4v) is 4.28. The van der Waals surface area contributed by atoms with Gasteiger partial charge in [-0.2, -0.15) is 9.40 Å². The van der Waals surface area contributed by atoms with Crippen LogP contribution in [0.25, 0.3) is 0 Å². The summed E-state index contributed by atoms with van der Waals surface area (Å²) in [6.45, 7) is 5.00. The van der Waals surface area contributed by atoms with Gasteiger partial charge >= 0.3 is 0 Å². The van der Waals surface area contributed by atoms with Crippen LogP contribution in [-0.4, -0.2) is 53.4 Å². The summed E-state index contributed by atoms with van der Waals surface area (Å²) in [5.74, 6) is -0.295. The zero-order valence-electron chi connectivity index (χ0n) is 12.7. The number of alkyl halides is 1. The molecular weight excluding hydrogens is 328 g/mol. The minimum atomic E-state index is -3.53. The third-order valence-corrected chi connectivity index (χ3v) is 6.03. The molecule has 2 heterocycles. The first-order valence-corrected chi connectivity index (χ1v) is 9.25. The van der Waals surface area contributed by atoms with E-state index >= 15 is 0 Å². The van der Waals surface area contributed by atoms with Crippen LogP contribution in [0.2, 0.25) is 0 Å². The lowest BCUT2D eigenvalue weighted by Gasteiger charge is -2.31. The number of nitrogens with one attached hydrogen (secondary N) is 1. The summed E-state index contributed by atoms with van der Waals surface area (Å²) >= 11 is 5.46. The van der Waals surface area contributed by atoms with Crippen molar-refractivity contribution in [1.82, 2.24) is 19.4 Å². The van der Waals surface area contributed by atoms with Crippen LogP contribution in [0.15, 0.2) is 11.1 Å². The molecule has 7 nitrogen and oxygen atoms in total. The molecule has 9 heteroatoms. The van der Waals surface area contributed by atoms with E-state index in [-0.39, 0.29) is 22.7 Å². The maximum absolute atomic E-state index is 12.7. The van der Waals surface area contributed by atoms with Crippen molar-refractivity contribution in [1.29, 1.82) is 0 Å². The molecule has 1 aliphatic rings. The fraction of sp³-hybridized carbons (Fsp3) is 0.692. The van der Waals surface area contributed by atoms with Gasteiger partial charge < -0.3 is 5.32 Å². The number of nitrogens with zero attached hydrogens (tertiary/aromatic N) is 3. The first-order chi connectivity index (χ1) is 10.4. The molecule has 22 heavy (non-hydrogen) atoms. The predicted molar refractivity (Wildman–Crippen MR) is 83.3 cm³/mol. The summed E-state index contributed by atoms with van der Waals surface area (Å²) in [6.07, 6.45) is 2.75. The zero-order valence-corrected chi connectivity index (χ0v) is 14.3. The lowest BCUT2D eigenvalue weighted by Crippen LogP contribution is -2.46. The molecule has 1 fully saturated rings. The summed E-state index contributed by atoms with van der Waals surface area (Å²) in [6, 6.07) is -0.0165. The SMILES string of the molecule is CCn1cc(S(=O)(=O)N2CCC(NC(=O)CCl)CC2)c(C)n1. The molecule has 0 atom stereocenters. The Hall–Kier alpha value is -1.12. The third-order valence-electron chi connectivity index (χ3n) is 3.78. The van der Waals surface area contributed by atoms with E-state index in [0.717, 1.165) is 0 Å². The van der Waals surface area contributed by atoms with Crippen molar-refractivity contribution in [3.8, 4) is 0 Å². The third kappa shape index (κ3) is 3.61. The molecule has 1 aromatic rings. The van der Waals surface area contributed by atoms with Crippen LogP contribution in [0.3, 0.4) is 0 Å². The van der Waals surface area contributed by atoms with Crippen LogP contribution in [0.1, 0.15) is 25.5 Å². The van der Waals surface area contributed by atoms with Gasteiger partial charge in [-0.25, -0.2) is 8.42 Å². The Bertz CT molecular complexity index is 636. The molecular formula is C13H21ClN4O3S. The Morgan fingerprint density at radius 3 is 2.59 bits per heavy atom. The van der Waals surface area contributed by atoms with Gasteiger partial charge in [-0.15, -0.1) is 11.6 Å². The standard InChI is InChI=1S/C13H21ClN4O3S/c1-3-17-9-12(10(2)16-17)22(20,21)18-6-4-11(5-7-18)15-13(19)8-14/h9,11H,3-8H2,1-2H3,(H,15,19). The number of sulfonamides is 1. The van der Waals surface area contributed by atoms with E-state index < -0.39 is 10.0 Å². The predicted octanol–water partition coefficient (Wildman–Crippen LogP) is 0.720.